The van der Waals surface area contributed by atoms with E-state index in [1.165, 1.54) is 12.8 Å². The molecule has 7 heteroatoms. The molecule has 0 aromatic heterocycles. The number of halogens is 4. The number of piperidine rings is 1. The lowest BCUT2D eigenvalue weighted by Crippen LogP contribution is -2.36. The van der Waals surface area contributed by atoms with Crippen LogP contribution in [-0.4, -0.2) is 44.4 Å². The Hall–Kier alpha value is -0.980. The molecule has 1 unspecified atom stereocenters. The molecule has 0 saturated carbocycles. The molecular weight excluding hydrogens is 353 g/mol. The van der Waals surface area contributed by atoms with Gasteiger partial charge in [0.05, 0.1) is 0 Å². The Balaban J connectivity index is 0.00000312. The highest BCUT2D eigenvalue weighted by atomic mass is 35.5. The molecule has 1 aromatic carbocycles. The maximum Gasteiger partial charge on any atom is 0.422 e. The smallest absolute Gasteiger partial charge is 0.422 e. The highest BCUT2D eigenvalue weighted by Gasteiger charge is 2.29. The molecule has 1 N–H and O–H groups in total. The van der Waals surface area contributed by atoms with E-state index in [2.05, 4.69) is 17.3 Å². The molecule has 25 heavy (non-hydrogen) atoms. The molecule has 0 aliphatic carbocycles. The molecule has 2 rings (SSSR count). The van der Waals surface area contributed by atoms with Gasteiger partial charge in [-0.15, -0.1) is 12.4 Å². The van der Waals surface area contributed by atoms with Crippen molar-refractivity contribution in [3.63, 3.8) is 0 Å². The van der Waals surface area contributed by atoms with E-state index in [1.807, 2.05) is 12.1 Å². The summed E-state index contributed by atoms with van der Waals surface area (Å²) in [5, 5.41) is 3.42. The molecule has 3 nitrogen and oxygen atoms in total. The first-order chi connectivity index (χ1) is 11.2. The van der Waals surface area contributed by atoms with Crippen LogP contribution in [0.4, 0.5) is 13.2 Å². The van der Waals surface area contributed by atoms with Gasteiger partial charge >= 0.3 is 6.18 Å². The van der Waals surface area contributed by atoms with Crippen LogP contribution in [0, 0.1) is 19.8 Å². The minimum atomic E-state index is -4.31. The van der Waals surface area contributed by atoms with Gasteiger partial charge in [0.15, 0.2) is 6.61 Å². The van der Waals surface area contributed by atoms with Crippen molar-refractivity contribution in [3.8, 4) is 5.75 Å². The van der Waals surface area contributed by atoms with Crippen LogP contribution in [0.1, 0.15) is 29.5 Å². The predicted octanol–water partition coefficient (Wildman–Crippen LogP) is 4.10. The van der Waals surface area contributed by atoms with Crippen LogP contribution < -0.4 is 10.1 Å². The average Bonchev–Trinajstić information content (AvgIpc) is 2.46. The number of alkyl halides is 3. The summed E-state index contributed by atoms with van der Waals surface area (Å²) in [6.45, 7) is 6.34. The quantitative estimate of drug-likeness (QED) is 0.804. The number of hydrogen-bond acceptors (Lipinski definition) is 3. The zero-order valence-corrected chi connectivity index (χ0v) is 15.9. The van der Waals surface area contributed by atoms with Crippen LogP contribution in [-0.2, 0) is 6.54 Å². The monoisotopic (exact) mass is 380 g/mol. The Labute approximate surface area is 154 Å². The summed E-state index contributed by atoms with van der Waals surface area (Å²) >= 11 is 0. The van der Waals surface area contributed by atoms with E-state index in [9.17, 15) is 13.2 Å². The largest absolute Gasteiger partial charge is 0.484 e. The minimum Gasteiger partial charge on any atom is -0.484 e. The number of aryl methyl sites for hydroxylation is 2. The standard InChI is InChI=1S/C18H27F3N2O.ClH/c1-13-7-16(8-14(2)17(13)24-12-18(19,20)21)11-23(3)10-15-5-4-6-22-9-15;/h7-8,15,22H,4-6,9-12H2,1-3H3;1H. The van der Waals surface area contributed by atoms with Crippen LogP contribution in [0.25, 0.3) is 0 Å². The van der Waals surface area contributed by atoms with Crippen LogP contribution in [0.5, 0.6) is 5.75 Å². The Morgan fingerprint density at radius 1 is 1.24 bits per heavy atom. The third kappa shape index (κ3) is 7.42. The van der Waals surface area contributed by atoms with Crippen molar-refractivity contribution in [1.82, 2.24) is 10.2 Å². The molecular formula is C18H28ClF3N2O. The summed E-state index contributed by atoms with van der Waals surface area (Å²) in [5.74, 6) is 1.01. The Morgan fingerprint density at radius 3 is 2.40 bits per heavy atom. The highest BCUT2D eigenvalue weighted by molar-refractivity contribution is 5.85. The first kappa shape index (κ1) is 22.1. The zero-order valence-electron chi connectivity index (χ0n) is 15.1. The van der Waals surface area contributed by atoms with E-state index in [-0.39, 0.29) is 12.4 Å². The van der Waals surface area contributed by atoms with Crippen molar-refractivity contribution in [2.75, 3.05) is 33.3 Å². The van der Waals surface area contributed by atoms with Gasteiger partial charge in [0.25, 0.3) is 0 Å². The van der Waals surface area contributed by atoms with Gasteiger partial charge in [-0.05, 0) is 69.4 Å². The molecule has 0 amide bonds. The third-order valence-corrected chi connectivity index (χ3v) is 4.32. The number of nitrogens with zero attached hydrogens (tertiary/aromatic N) is 1. The van der Waals surface area contributed by atoms with Crippen molar-refractivity contribution < 1.29 is 17.9 Å². The SMILES string of the molecule is Cc1cc(CN(C)CC2CCCNC2)cc(C)c1OCC(F)(F)F.Cl. The molecule has 1 fully saturated rings. The van der Waals surface area contributed by atoms with E-state index >= 15 is 0 Å². The van der Waals surface area contributed by atoms with Gasteiger partial charge in [-0.25, -0.2) is 0 Å². The summed E-state index contributed by atoms with van der Waals surface area (Å²) in [7, 11) is 2.09. The van der Waals surface area contributed by atoms with Gasteiger partial charge in [-0.2, -0.15) is 13.2 Å². The van der Waals surface area contributed by atoms with Gasteiger partial charge < -0.3 is 15.0 Å². The van der Waals surface area contributed by atoms with Crippen molar-refractivity contribution in [3.05, 3.63) is 28.8 Å². The van der Waals surface area contributed by atoms with Gasteiger partial charge in [0, 0.05) is 13.1 Å². The van der Waals surface area contributed by atoms with Crippen molar-refractivity contribution in [1.29, 1.82) is 0 Å². The van der Waals surface area contributed by atoms with Crippen molar-refractivity contribution in [2.45, 2.75) is 39.4 Å². The van der Waals surface area contributed by atoms with Crippen LogP contribution >= 0.6 is 12.4 Å². The fourth-order valence-electron chi connectivity index (χ4n) is 3.41. The van der Waals surface area contributed by atoms with Crippen molar-refractivity contribution in [2.24, 2.45) is 5.92 Å². The first-order valence-electron chi connectivity index (χ1n) is 8.43. The molecule has 0 radical (unpaired) electrons. The molecule has 0 spiro atoms. The Kier molecular flexibility index (Phi) is 8.51. The molecule has 1 heterocycles. The number of hydrogen-bond donors (Lipinski definition) is 1. The summed E-state index contributed by atoms with van der Waals surface area (Å²) in [6.07, 6.45) is -1.84. The highest BCUT2D eigenvalue weighted by Crippen LogP contribution is 2.27. The zero-order chi connectivity index (χ0) is 17.7. The topological polar surface area (TPSA) is 24.5 Å². The molecule has 1 aliphatic rings. The molecule has 1 atom stereocenters. The number of ether oxygens (including phenoxy) is 1. The molecule has 0 bridgehead atoms. The van der Waals surface area contributed by atoms with E-state index in [4.69, 9.17) is 4.74 Å². The second-order valence-electron chi connectivity index (χ2n) is 6.87. The lowest BCUT2D eigenvalue weighted by molar-refractivity contribution is -0.153. The second-order valence-corrected chi connectivity index (χ2v) is 6.87. The van der Waals surface area contributed by atoms with Gasteiger partial charge in [0.2, 0.25) is 0 Å². The summed E-state index contributed by atoms with van der Waals surface area (Å²) < 4.78 is 42.0. The fraction of sp³-hybridized carbons (Fsp3) is 0.667. The molecule has 144 valence electrons. The maximum atomic E-state index is 12.3. The van der Waals surface area contributed by atoms with E-state index in [1.54, 1.807) is 13.8 Å². The molecule has 1 aromatic rings. The normalized spacial score (nSPS) is 18.1. The second kappa shape index (κ2) is 9.64. The first-order valence-corrected chi connectivity index (χ1v) is 8.43. The van der Waals surface area contributed by atoms with E-state index < -0.39 is 12.8 Å². The van der Waals surface area contributed by atoms with E-state index in [0.717, 1.165) is 42.9 Å². The lowest BCUT2D eigenvalue weighted by atomic mass is 9.99. The number of rotatable bonds is 6. The fourth-order valence-corrected chi connectivity index (χ4v) is 3.41. The summed E-state index contributed by atoms with van der Waals surface area (Å²) in [5.41, 5.74) is 2.61. The van der Waals surface area contributed by atoms with E-state index in [0.29, 0.717) is 11.7 Å². The molecule has 1 aliphatic heterocycles. The van der Waals surface area contributed by atoms with Gasteiger partial charge in [-0.1, -0.05) is 12.1 Å². The van der Waals surface area contributed by atoms with Crippen molar-refractivity contribution >= 4 is 12.4 Å². The molecule has 1 saturated heterocycles. The van der Waals surface area contributed by atoms with Gasteiger partial charge in [0.1, 0.15) is 5.75 Å². The van der Waals surface area contributed by atoms with Crippen LogP contribution in [0.3, 0.4) is 0 Å². The lowest BCUT2D eigenvalue weighted by Gasteiger charge is -2.28. The average molecular weight is 381 g/mol. The number of benzene rings is 1. The predicted molar refractivity (Wildman–Crippen MR) is 96.6 cm³/mol. The Bertz CT molecular complexity index is 523. The summed E-state index contributed by atoms with van der Waals surface area (Å²) in [6, 6.07) is 3.85. The summed E-state index contributed by atoms with van der Waals surface area (Å²) in [4.78, 5) is 2.28. The van der Waals surface area contributed by atoms with Crippen LogP contribution in [0.2, 0.25) is 0 Å². The number of nitrogens with one attached hydrogen (secondary N) is 1. The minimum absolute atomic E-state index is 0. The van der Waals surface area contributed by atoms with Crippen LogP contribution in [0.15, 0.2) is 12.1 Å². The third-order valence-electron chi connectivity index (χ3n) is 4.32. The Morgan fingerprint density at radius 2 is 1.88 bits per heavy atom. The van der Waals surface area contributed by atoms with Gasteiger partial charge in [-0.3, -0.25) is 0 Å². The maximum absolute atomic E-state index is 12.3.